The normalized spacial score (nSPS) is 10.8. The first-order valence-electron chi connectivity index (χ1n) is 10.2. The third-order valence-corrected chi connectivity index (χ3v) is 4.83. The lowest BCUT2D eigenvalue weighted by Gasteiger charge is -2.11. The fraction of sp³-hybridized carbons (Fsp3) is 0.391. The zero-order valence-corrected chi connectivity index (χ0v) is 17.2. The number of nitrogens with one attached hydrogen (secondary N) is 1. The van der Waals surface area contributed by atoms with Crippen LogP contribution in [0.2, 0.25) is 0 Å². The van der Waals surface area contributed by atoms with Crippen molar-refractivity contribution in [3.63, 3.8) is 0 Å². The number of benzene rings is 2. The molecule has 0 unspecified atom stereocenters. The molecule has 154 valence electrons. The molecule has 3 aromatic rings. The number of imidazole rings is 1. The van der Waals surface area contributed by atoms with Crippen LogP contribution >= 0.6 is 0 Å². The number of unbranched alkanes of at least 4 members (excludes halogenated alkanes) is 1. The number of aromatic nitrogens is 2. The lowest BCUT2D eigenvalue weighted by molar-refractivity contribution is -0.120. The number of aryl methyl sites for hydroxylation is 1. The smallest absolute Gasteiger partial charge is 0.219 e. The summed E-state index contributed by atoms with van der Waals surface area (Å²) in [7, 11) is 1.65. The van der Waals surface area contributed by atoms with E-state index in [4.69, 9.17) is 14.5 Å². The average Bonchev–Trinajstić information content (AvgIpc) is 3.11. The molecule has 0 radical (unpaired) electrons. The van der Waals surface area contributed by atoms with Gasteiger partial charge in [0, 0.05) is 25.9 Å². The van der Waals surface area contributed by atoms with Gasteiger partial charge in [0.05, 0.1) is 24.8 Å². The number of rotatable bonds is 11. The maximum Gasteiger partial charge on any atom is 0.219 e. The molecular weight excluding hydrogens is 366 g/mol. The second-order valence-electron chi connectivity index (χ2n) is 6.85. The molecule has 1 amide bonds. The molecule has 0 aliphatic heterocycles. The van der Waals surface area contributed by atoms with Crippen LogP contribution in [0.25, 0.3) is 11.0 Å². The summed E-state index contributed by atoms with van der Waals surface area (Å²) < 4.78 is 13.2. The Morgan fingerprint density at radius 1 is 1.07 bits per heavy atom. The van der Waals surface area contributed by atoms with Gasteiger partial charge in [-0.05, 0) is 49.2 Å². The Hall–Kier alpha value is -3.02. The van der Waals surface area contributed by atoms with Gasteiger partial charge in [0.25, 0.3) is 0 Å². The first-order chi connectivity index (χ1) is 14.2. The average molecular weight is 396 g/mol. The van der Waals surface area contributed by atoms with Crippen LogP contribution in [0.3, 0.4) is 0 Å². The number of fused-ring (bicyclic) bond motifs is 1. The second kappa shape index (κ2) is 10.5. The molecule has 6 heteroatoms. The largest absolute Gasteiger partial charge is 0.497 e. The summed E-state index contributed by atoms with van der Waals surface area (Å²) in [5.41, 5.74) is 2.14. The molecule has 0 aliphatic carbocycles. The molecule has 0 spiro atoms. The fourth-order valence-electron chi connectivity index (χ4n) is 3.24. The fourth-order valence-corrected chi connectivity index (χ4v) is 3.24. The van der Waals surface area contributed by atoms with Gasteiger partial charge in [-0.25, -0.2) is 4.98 Å². The predicted molar refractivity (Wildman–Crippen MR) is 114 cm³/mol. The van der Waals surface area contributed by atoms with Gasteiger partial charge in [-0.3, -0.25) is 4.79 Å². The van der Waals surface area contributed by atoms with Crippen LogP contribution in [-0.4, -0.2) is 35.7 Å². The topological polar surface area (TPSA) is 65.4 Å². The van der Waals surface area contributed by atoms with Crippen molar-refractivity contribution in [2.24, 2.45) is 0 Å². The highest BCUT2D eigenvalue weighted by molar-refractivity contribution is 5.76. The van der Waals surface area contributed by atoms with E-state index in [2.05, 4.69) is 16.0 Å². The van der Waals surface area contributed by atoms with Crippen molar-refractivity contribution >= 4 is 16.9 Å². The summed E-state index contributed by atoms with van der Waals surface area (Å²) in [6.07, 6.45) is 3.17. The number of nitrogens with zero attached hydrogens (tertiary/aromatic N) is 2. The molecule has 0 fully saturated rings. The van der Waals surface area contributed by atoms with E-state index in [1.54, 1.807) is 7.11 Å². The van der Waals surface area contributed by atoms with Gasteiger partial charge >= 0.3 is 0 Å². The Morgan fingerprint density at radius 2 is 1.83 bits per heavy atom. The highest BCUT2D eigenvalue weighted by Crippen LogP contribution is 2.19. The summed E-state index contributed by atoms with van der Waals surface area (Å²) >= 11 is 0. The lowest BCUT2D eigenvalue weighted by Crippen LogP contribution is -2.25. The van der Waals surface area contributed by atoms with Crippen molar-refractivity contribution in [2.45, 2.75) is 39.2 Å². The number of carbonyl (C=O) groups excluding carboxylic acids is 1. The molecule has 0 atom stereocenters. The Kier molecular flexibility index (Phi) is 7.50. The van der Waals surface area contributed by atoms with Crippen molar-refractivity contribution in [1.29, 1.82) is 0 Å². The molecule has 29 heavy (non-hydrogen) atoms. The highest BCUT2D eigenvalue weighted by Gasteiger charge is 2.10. The summed E-state index contributed by atoms with van der Waals surface area (Å²) in [5, 5.41) is 2.93. The van der Waals surface area contributed by atoms with Crippen molar-refractivity contribution in [1.82, 2.24) is 14.9 Å². The number of para-hydroxylation sites is 2. The van der Waals surface area contributed by atoms with E-state index < -0.39 is 0 Å². The minimum absolute atomic E-state index is 0.0725. The van der Waals surface area contributed by atoms with Crippen LogP contribution < -0.4 is 14.8 Å². The molecule has 0 aliphatic rings. The monoisotopic (exact) mass is 395 g/mol. The first-order valence-corrected chi connectivity index (χ1v) is 10.2. The number of amides is 1. The van der Waals surface area contributed by atoms with E-state index in [-0.39, 0.29) is 5.91 Å². The third-order valence-electron chi connectivity index (χ3n) is 4.83. The summed E-state index contributed by atoms with van der Waals surface area (Å²) in [6.45, 7) is 4.01. The molecule has 1 N–H and O–H groups in total. The van der Waals surface area contributed by atoms with Crippen LogP contribution in [0.5, 0.6) is 11.5 Å². The second-order valence-corrected chi connectivity index (χ2v) is 6.85. The number of hydrogen-bond donors (Lipinski definition) is 1. The van der Waals surface area contributed by atoms with Gasteiger partial charge in [-0.2, -0.15) is 0 Å². The van der Waals surface area contributed by atoms with E-state index in [1.165, 1.54) is 0 Å². The maximum atomic E-state index is 11.5. The third kappa shape index (κ3) is 5.73. The van der Waals surface area contributed by atoms with Gasteiger partial charge < -0.3 is 19.4 Å². The predicted octanol–water partition coefficient (Wildman–Crippen LogP) is 3.97. The molecule has 6 nitrogen and oxygen atoms in total. The summed E-state index contributed by atoms with van der Waals surface area (Å²) in [4.78, 5) is 16.3. The highest BCUT2D eigenvalue weighted by atomic mass is 16.5. The molecule has 3 rings (SSSR count). The van der Waals surface area contributed by atoms with Crippen molar-refractivity contribution in [2.75, 3.05) is 20.3 Å². The lowest BCUT2D eigenvalue weighted by atomic mass is 10.2. The standard InChI is InChI=1S/C23H29N3O3/c1-3-23(27)24-15-14-22-25-20-8-4-5-9-21(20)26(22)16-6-7-17-29-19-12-10-18(28-2)11-13-19/h4-5,8-13H,3,6-7,14-17H2,1-2H3,(H,24,27). The Balaban J connectivity index is 1.53. The minimum atomic E-state index is 0.0725. The van der Waals surface area contributed by atoms with E-state index in [0.29, 0.717) is 19.6 Å². The number of methoxy groups -OCH3 is 1. The van der Waals surface area contributed by atoms with E-state index >= 15 is 0 Å². The quantitative estimate of drug-likeness (QED) is 0.499. The van der Waals surface area contributed by atoms with Crippen LogP contribution in [-0.2, 0) is 17.8 Å². The molecule has 0 saturated heterocycles. The zero-order chi connectivity index (χ0) is 20.5. The van der Waals surface area contributed by atoms with Gasteiger partial charge in [0.1, 0.15) is 17.3 Å². The number of carbonyl (C=O) groups is 1. The van der Waals surface area contributed by atoms with Gasteiger partial charge in [0.2, 0.25) is 5.91 Å². The molecule has 2 aromatic carbocycles. The Labute approximate surface area is 171 Å². The van der Waals surface area contributed by atoms with E-state index in [1.807, 2.05) is 49.4 Å². The van der Waals surface area contributed by atoms with Crippen LogP contribution in [0.4, 0.5) is 0 Å². The minimum Gasteiger partial charge on any atom is -0.497 e. The van der Waals surface area contributed by atoms with Crippen LogP contribution in [0.1, 0.15) is 32.0 Å². The molecular formula is C23H29N3O3. The molecule has 0 saturated carbocycles. The Morgan fingerprint density at radius 3 is 2.59 bits per heavy atom. The SMILES string of the molecule is CCC(=O)NCCc1nc2ccccc2n1CCCCOc1ccc(OC)cc1. The molecule has 0 bridgehead atoms. The van der Waals surface area contributed by atoms with Crippen LogP contribution in [0, 0.1) is 0 Å². The van der Waals surface area contributed by atoms with Gasteiger partial charge in [0.15, 0.2) is 0 Å². The van der Waals surface area contributed by atoms with Crippen molar-refractivity contribution in [3.05, 3.63) is 54.4 Å². The van der Waals surface area contributed by atoms with Crippen molar-refractivity contribution < 1.29 is 14.3 Å². The van der Waals surface area contributed by atoms with E-state index in [9.17, 15) is 4.79 Å². The zero-order valence-electron chi connectivity index (χ0n) is 17.2. The van der Waals surface area contributed by atoms with Crippen molar-refractivity contribution in [3.8, 4) is 11.5 Å². The Bertz CT molecular complexity index is 919. The van der Waals surface area contributed by atoms with Crippen LogP contribution in [0.15, 0.2) is 48.5 Å². The summed E-state index contributed by atoms with van der Waals surface area (Å²) in [6, 6.07) is 15.8. The van der Waals surface area contributed by atoms with Gasteiger partial charge in [-0.15, -0.1) is 0 Å². The number of ether oxygens (including phenoxy) is 2. The van der Waals surface area contributed by atoms with E-state index in [0.717, 1.165) is 54.2 Å². The first kappa shape index (κ1) is 20.7. The summed E-state index contributed by atoms with van der Waals surface area (Å²) in [5.74, 6) is 2.76. The van der Waals surface area contributed by atoms with Gasteiger partial charge in [-0.1, -0.05) is 19.1 Å². The maximum absolute atomic E-state index is 11.5. The number of hydrogen-bond acceptors (Lipinski definition) is 4. The molecule has 1 heterocycles. The molecule has 1 aromatic heterocycles.